The minimum Gasteiger partial charge on any atom is -0.370 e. The van der Waals surface area contributed by atoms with E-state index in [1.165, 1.54) is 38.9 Å². The fourth-order valence-electron chi connectivity index (χ4n) is 4.26. The predicted molar refractivity (Wildman–Crippen MR) is 124 cm³/mol. The number of nitrogens with zero attached hydrogens (tertiary/aromatic N) is 3. The van der Waals surface area contributed by atoms with E-state index in [0.29, 0.717) is 12.3 Å². The van der Waals surface area contributed by atoms with Crippen molar-refractivity contribution < 1.29 is 4.79 Å². The van der Waals surface area contributed by atoms with Crippen LogP contribution in [0.5, 0.6) is 0 Å². The molecule has 2 fully saturated rings. The number of nitrogens with one attached hydrogen (secondary N) is 1. The SMILES string of the molecule is CCNC(=NCCCCN1CCCC(C)C1)N1CCCC(CC(N)=O)C1.I. The van der Waals surface area contributed by atoms with E-state index < -0.39 is 0 Å². The molecule has 0 aromatic rings. The molecule has 2 heterocycles. The molecule has 0 saturated carbocycles. The van der Waals surface area contributed by atoms with Crippen LogP contribution in [0.4, 0.5) is 0 Å². The van der Waals surface area contributed by atoms with Gasteiger partial charge in [0.05, 0.1) is 0 Å². The molecule has 2 unspecified atom stereocenters. The van der Waals surface area contributed by atoms with Crippen LogP contribution < -0.4 is 11.1 Å². The quantitative estimate of drug-likeness (QED) is 0.236. The van der Waals surface area contributed by atoms with Gasteiger partial charge >= 0.3 is 0 Å². The number of likely N-dealkylation sites (tertiary alicyclic amines) is 2. The molecule has 0 bridgehead atoms. The van der Waals surface area contributed by atoms with Crippen LogP contribution in [-0.4, -0.2) is 67.5 Å². The fourth-order valence-corrected chi connectivity index (χ4v) is 4.26. The van der Waals surface area contributed by atoms with Gasteiger partial charge in [-0.3, -0.25) is 9.79 Å². The number of hydrogen-bond acceptors (Lipinski definition) is 3. The van der Waals surface area contributed by atoms with E-state index in [1.54, 1.807) is 0 Å². The molecule has 2 atom stereocenters. The third-order valence-corrected chi connectivity index (χ3v) is 5.53. The number of rotatable bonds is 8. The Bertz CT molecular complexity index is 460. The standard InChI is InChI=1S/C20H39N5O.HI/c1-3-22-20(25-13-7-9-18(16-25)14-19(21)26)23-10-4-5-11-24-12-6-8-17(2)15-24;/h17-18H,3-16H2,1-2H3,(H2,21,26)(H,22,23);1H. The number of carbonyl (C=O) groups excluding carboxylic acids is 1. The highest BCUT2D eigenvalue weighted by molar-refractivity contribution is 14.0. The number of hydrogen-bond donors (Lipinski definition) is 2. The van der Waals surface area contributed by atoms with Crippen LogP contribution in [-0.2, 0) is 4.79 Å². The topological polar surface area (TPSA) is 74.0 Å². The Labute approximate surface area is 182 Å². The van der Waals surface area contributed by atoms with Gasteiger partial charge in [-0.25, -0.2) is 0 Å². The Balaban J connectivity index is 0.00000364. The summed E-state index contributed by atoms with van der Waals surface area (Å²) in [6, 6.07) is 0. The Morgan fingerprint density at radius 1 is 1.19 bits per heavy atom. The minimum absolute atomic E-state index is 0. The number of aliphatic imine (C=N–C) groups is 1. The third-order valence-electron chi connectivity index (χ3n) is 5.53. The Morgan fingerprint density at radius 3 is 2.67 bits per heavy atom. The van der Waals surface area contributed by atoms with Crippen molar-refractivity contribution in [3.05, 3.63) is 0 Å². The van der Waals surface area contributed by atoms with Crippen LogP contribution in [0.2, 0.25) is 0 Å². The van der Waals surface area contributed by atoms with E-state index in [4.69, 9.17) is 10.7 Å². The van der Waals surface area contributed by atoms with E-state index in [9.17, 15) is 4.79 Å². The van der Waals surface area contributed by atoms with Crippen molar-refractivity contribution in [1.82, 2.24) is 15.1 Å². The average Bonchev–Trinajstić information content (AvgIpc) is 2.60. The lowest BCUT2D eigenvalue weighted by molar-refractivity contribution is -0.119. The van der Waals surface area contributed by atoms with Crippen molar-refractivity contribution in [2.24, 2.45) is 22.6 Å². The number of halogens is 1. The highest BCUT2D eigenvalue weighted by atomic mass is 127. The van der Waals surface area contributed by atoms with E-state index in [-0.39, 0.29) is 29.9 Å². The summed E-state index contributed by atoms with van der Waals surface area (Å²) in [7, 11) is 0. The van der Waals surface area contributed by atoms with Crippen LogP contribution in [0.15, 0.2) is 4.99 Å². The normalized spacial score (nSPS) is 24.4. The monoisotopic (exact) mass is 493 g/mol. The maximum absolute atomic E-state index is 11.2. The van der Waals surface area contributed by atoms with Gasteiger partial charge in [-0.2, -0.15) is 0 Å². The zero-order chi connectivity index (χ0) is 18.8. The van der Waals surface area contributed by atoms with E-state index in [1.807, 2.05) is 0 Å². The highest BCUT2D eigenvalue weighted by Gasteiger charge is 2.23. The fraction of sp³-hybridized carbons (Fsp3) is 0.900. The molecule has 0 aliphatic carbocycles. The van der Waals surface area contributed by atoms with Gasteiger partial charge < -0.3 is 20.9 Å². The van der Waals surface area contributed by atoms with Crippen LogP contribution in [0.3, 0.4) is 0 Å². The van der Waals surface area contributed by atoms with Crippen molar-refractivity contribution in [3.63, 3.8) is 0 Å². The summed E-state index contributed by atoms with van der Waals surface area (Å²) in [5, 5.41) is 3.42. The van der Waals surface area contributed by atoms with Crippen molar-refractivity contribution >= 4 is 35.8 Å². The largest absolute Gasteiger partial charge is 0.370 e. The van der Waals surface area contributed by atoms with Gasteiger partial charge in [-0.15, -0.1) is 24.0 Å². The summed E-state index contributed by atoms with van der Waals surface area (Å²) in [5.74, 6) is 2.04. The Kier molecular flexibility index (Phi) is 12.3. The molecule has 2 aliphatic rings. The van der Waals surface area contributed by atoms with Gasteiger partial charge in [-0.05, 0) is 70.4 Å². The molecule has 27 heavy (non-hydrogen) atoms. The van der Waals surface area contributed by atoms with Crippen molar-refractivity contribution in [2.45, 2.75) is 58.8 Å². The summed E-state index contributed by atoms with van der Waals surface area (Å²) < 4.78 is 0. The second kappa shape index (κ2) is 13.6. The lowest BCUT2D eigenvalue weighted by atomic mass is 9.95. The number of piperidine rings is 2. The van der Waals surface area contributed by atoms with Gasteiger partial charge in [0.15, 0.2) is 5.96 Å². The first-order chi connectivity index (χ1) is 12.6. The van der Waals surface area contributed by atoms with Crippen LogP contribution in [0, 0.1) is 11.8 Å². The molecular weight excluding hydrogens is 453 g/mol. The Morgan fingerprint density at radius 2 is 1.96 bits per heavy atom. The first kappa shape index (κ1) is 24.5. The smallest absolute Gasteiger partial charge is 0.217 e. The summed E-state index contributed by atoms with van der Waals surface area (Å²) in [4.78, 5) is 21.0. The maximum atomic E-state index is 11.2. The molecule has 2 rings (SSSR count). The lowest BCUT2D eigenvalue weighted by Gasteiger charge is -2.34. The zero-order valence-electron chi connectivity index (χ0n) is 17.3. The second-order valence-electron chi connectivity index (χ2n) is 8.12. The molecular formula is C20H40IN5O. The van der Waals surface area contributed by atoms with Gasteiger partial charge in [-0.1, -0.05) is 6.92 Å². The van der Waals surface area contributed by atoms with E-state index in [0.717, 1.165) is 57.3 Å². The number of unbranched alkanes of at least 4 members (excludes halogenated alkanes) is 1. The lowest BCUT2D eigenvalue weighted by Crippen LogP contribution is -2.47. The Hall–Kier alpha value is -0.570. The molecule has 3 N–H and O–H groups in total. The third kappa shape index (κ3) is 9.45. The minimum atomic E-state index is -0.189. The molecule has 2 saturated heterocycles. The number of carbonyl (C=O) groups is 1. The molecule has 1 amide bonds. The van der Waals surface area contributed by atoms with Crippen LogP contribution in [0.25, 0.3) is 0 Å². The first-order valence-electron chi connectivity index (χ1n) is 10.6. The number of guanidine groups is 1. The summed E-state index contributed by atoms with van der Waals surface area (Å²) in [5.41, 5.74) is 5.38. The van der Waals surface area contributed by atoms with E-state index in [2.05, 4.69) is 29.0 Å². The van der Waals surface area contributed by atoms with Gasteiger partial charge in [0.2, 0.25) is 5.91 Å². The van der Waals surface area contributed by atoms with Gasteiger partial charge in [0.25, 0.3) is 0 Å². The van der Waals surface area contributed by atoms with Crippen LogP contribution in [0.1, 0.15) is 58.8 Å². The van der Waals surface area contributed by atoms with Gasteiger partial charge in [0, 0.05) is 39.1 Å². The summed E-state index contributed by atoms with van der Waals surface area (Å²) in [6.07, 6.45) is 7.79. The number of amides is 1. The van der Waals surface area contributed by atoms with Crippen molar-refractivity contribution in [3.8, 4) is 0 Å². The molecule has 7 heteroatoms. The number of primary amides is 1. The molecule has 2 aliphatic heterocycles. The maximum Gasteiger partial charge on any atom is 0.217 e. The zero-order valence-corrected chi connectivity index (χ0v) is 19.6. The molecule has 0 aromatic carbocycles. The number of nitrogens with two attached hydrogens (primary N) is 1. The predicted octanol–water partition coefficient (Wildman–Crippen LogP) is 2.67. The highest BCUT2D eigenvalue weighted by Crippen LogP contribution is 2.19. The first-order valence-corrected chi connectivity index (χ1v) is 10.6. The average molecular weight is 493 g/mol. The van der Waals surface area contributed by atoms with E-state index >= 15 is 0 Å². The van der Waals surface area contributed by atoms with Crippen LogP contribution >= 0.6 is 24.0 Å². The molecule has 6 nitrogen and oxygen atoms in total. The molecule has 0 aromatic heterocycles. The summed E-state index contributed by atoms with van der Waals surface area (Å²) in [6.45, 7) is 11.9. The van der Waals surface area contributed by atoms with Gasteiger partial charge in [0.1, 0.15) is 0 Å². The van der Waals surface area contributed by atoms with Crippen molar-refractivity contribution in [1.29, 1.82) is 0 Å². The molecule has 0 spiro atoms. The molecule has 158 valence electrons. The second-order valence-corrected chi connectivity index (χ2v) is 8.12. The summed E-state index contributed by atoms with van der Waals surface area (Å²) >= 11 is 0. The van der Waals surface area contributed by atoms with Crippen molar-refractivity contribution in [2.75, 3.05) is 45.8 Å². The molecule has 0 radical (unpaired) electrons.